The predicted octanol–water partition coefficient (Wildman–Crippen LogP) is 7.66. The van der Waals surface area contributed by atoms with Crippen LogP contribution in [-0.4, -0.2) is 21.4 Å². The Kier molecular flexibility index (Phi) is 8.25. The van der Waals surface area contributed by atoms with E-state index in [9.17, 15) is 0 Å². The molecule has 168 valence electrons. The highest BCUT2D eigenvalue weighted by Crippen LogP contribution is 2.53. The van der Waals surface area contributed by atoms with Crippen molar-refractivity contribution in [2.75, 3.05) is 7.11 Å². The van der Waals surface area contributed by atoms with Gasteiger partial charge in [0.1, 0.15) is 0 Å². The van der Waals surface area contributed by atoms with E-state index in [2.05, 4.69) is 74.5 Å². The van der Waals surface area contributed by atoms with E-state index in [0.717, 1.165) is 6.42 Å². The number of ether oxygens (including phenoxy) is 2. The molecule has 0 saturated heterocycles. The molecule has 0 spiro atoms. The molecule has 1 aliphatic heterocycles. The molecule has 0 aromatic heterocycles. The van der Waals surface area contributed by atoms with Crippen LogP contribution in [0.3, 0.4) is 0 Å². The Morgan fingerprint density at radius 1 is 1.10 bits per heavy atom. The van der Waals surface area contributed by atoms with Crippen LogP contribution in [0.15, 0.2) is 24.0 Å². The molecular weight excluding hydrogens is 376 g/mol. The molecule has 0 N–H and O–H groups in total. The molecule has 2 rings (SSSR count). The topological polar surface area (TPSA) is 27.7 Å². The maximum atomic E-state index is 7.14. The third-order valence-electron chi connectivity index (χ3n) is 7.93. The van der Waals surface area contributed by atoms with Crippen molar-refractivity contribution in [2.24, 2.45) is 23.7 Å². The van der Waals surface area contributed by atoms with Crippen molar-refractivity contribution in [3.05, 3.63) is 24.0 Å². The van der Waals surface area contributed by atoms with Crippen LogP contribution < -0.4 is 0 Å². The lowest BCUT2D eigenvalue weighted by molar-refractivity contribution is -0.357. The summed E-state index contributed by atoms with van der Waals surface area (Å²) >= 11 is 0. The van der Waals surface area contributed by atoms with Gasteiger partial charge in [-0.05, 0) is 66.1 Å². The third-order valence-corrected chi connectivity index (χ3v) is 14.0. The molecule has 4 heteroatoms. The molecule has 0 amide bonds. The van der Waals surface area contributed by atoms with Crippen molar-refractivity contribution in [1.29, 1.82) is 0 Å². The molecule has 5 atom stereocenters. The smallest absolute Gasteiger partial charge is 0.319 e. The molecule has 29 heavy (non-hydrogen) atoms. The molecule has 3 nitrogen and oxygen atoms in total. The zero-order chi connectivity index (χ0) is 22.0. The molecule has 0 bridgehead atoms. The molecule has 0 aromatic carbocycles. The largest absolute Gasteiger partial charge is 0.447 e. The Hall–Kier alpha value is -0.583. The highest BCUT2D eigenvalue weighted by Gasteiger charge is 2.57. The lowest BCUT2D eigenvalue weighted by atomic mass is 9.65. The van der Waals surface area contributed by atoms with Crippen LogP contribution in [0.2, 0.25) is 16.6 Å². The van der Waals surface area contributed by atoms with E-state index in [1.807, 2.05) is 6.26 Å². The Morgan fingerprint density at radius 2 is 1.69 bits per heavy atom. The van der Waals surface area contributed by atoms with E-state index in [1.165, 1.54) is 18.4 Å². The van der Waals surface area contributed by atoms with E-state index < -0.39 is 14.3 Å². The highest BCUT2D eigenvalue weighted by atomic mass is 28.4. The minimum absolute atomic E-state index is 0.177. The van der Waals surface area contributed by atoms with Gasteiger partial charge in [0, 0.05) is 7.11 Å². The molecule has 5 unspecified atom stereocenters. The average Bonchev–Trinajstić information content (AvgIpc) is 2.66. The quantitative estimate of drug-likeness (QED) is 0.228. The van der Waals surface area contributed by atoms with Crippen molar-refractivity contribution in [3.63, 3.8) is 0 Å². The number of hydrogen-bond donors (Lipinski definition) is 0. The van der Waals surface area contributed by atoms with Gasteiger partial charge in [-0.3, -0.25) is 0 Å². The second-order valence-corrected chi connectivity index (χ2v) is 15.7. The summed E-state index contributed by atoms with van der Waals surface area (Å²) in [6.45, 7) is 20.7. The van der Waals surface area contributed by atoms with Crippen LogP contribution in [-0.2, 0) is 13.9 Å². The summed E-state index contributed by atoms with van der Waals surface area (Å²) in [7, 11) is -0.386. The first-order valence-corrected chi connectivity index (χ1v) is 14.0. The van der Waals surface area contributed by atoms with Crippen LogP contribution in [0.5, 0.6) is 0 Å². The van der Waals surface area contributed by atoms with E-state index in [-0.39, 0.29) is 5.92 Å². The summed E-state index contributed by atoms with van der Waals surface area (Å²) in [5, 5.41) is 0. The fourth-order valence-corrected chi connectivity index (χ4v) is 11.8. The van der Waals surface area contributed by atoms with E-state index in [4.69, 9.17) is 13.9 Å². The van der Waals surface area contributed by atoms with E-state index in [1.54, 1.807) is 7.11 Å². The Labute approximate surface area is 181 Å². The third kappa shape index (κ3) is 4.40. The van der Waals surface area contributed by atoms with Gasteiger partial charge in [-0.1, -0.05) is 67.5 Å². The second-order valence-electron chi connectivity index (χ2n) is 10.3. The van der Waals surface area contributed by atoms with Crippen LogP contribution in [0, 0.1) is 23.7 Å². The summed E-state index contributed by atoms with van der Waals surface area (Å²) in [4.78, 5) is 0. The van der Waals surface area contributed by atoms with Crippen molar-refractivity contribution >= 4 is 8.32 Å². The zero-order valence-electron chi connectivity index (χ0n) is 20.6. The van der Waals surface area contributed by atoms with Gasteiger partial charge >= 0.3 is 5.97 Å². The molecule has 2 aliphatic rings. The fourth-order valence-electron chi connectivity index (χ4n) is 6.27. The molecule has 1 fully saturated rings. The summed E-state index contributed by atoms with van der Waals surface area (Å²) in [5.74, 6) is 0.926. The first kappa shape index (κ1) is 24.7. The van der Waals surface area contributed by atoms with Crippen molar-refractivity contribution < 1.29 is 13.9 Å². The Bertz CT molecular complexity index is 573. The minimum atomic E-state index is -2.15. The monoisotopic (exact) mass is 422 g/mol. The number of allylic oxidation sites excluding steroid dienone is 3. The number of methoxy groups -OCH3 is 1. The fraction of sp³-hybridized carbons (Fsp3) is 0.840. The van der Waals surface area contributed by atoms with Gasteiger partial charge in [0.2, 0.25) is 8.32 Å². The van der Waals surface area contributed by atoms with Gasteiger partial charge in [-0.15, -0.1) is 0 Å². The van der Waals surface area contributed by atoms with Crippen LogP contribution >= 0.6 is 0 Å². The summed E-state index contributed by atoms with van der Waals surface area (Å²) in [5.41, 5.74) is 2.94. The van der Waals surface area contributed by atoms with Gasteiger partial charge in [0.25, 0.3) is 0 Å². The van der Waals surface area contributed by atoms with Gasteiger partial charge in [-0.25, -0.2) is 0 Å². The van der Waals surface area contributed by atoms with Crippen LogP contribution in [0.1, 0.15) is 81.6 Å². The SMILES string of the molecule is C/C=C/CC1C2=COC(OC)(O[Si](C(C)C)(C(C)C)C(C)C)C(C)C2CCC1C. The van der Waals surface area contributed by atoms with Gasteiger partial charge in [-0.2, -0.15) is 0 Å². The summed E-state index contributed by atoms with van der Waals surface area (Å²) in [6.07, 6.45) is 10.0. The summed E-state index contributed by atoms with van der Waals surface area (Å²) in [6, 6.07) is 0. The molecular formula is C25H46O3Si. The average molecular weight is 423 g/mol. The zero-order valence-corrected chi connectivity index (χ0v) is 21.6. The number of hydrogen-bond acceptors (Lipinski definition) is 3. The first-order valence-electron chi connectivity index (χ1n) is 11.8. The van der Waals surface area contributed by atoms with Crippen LogP contribution in [0.4, 0.5) is 0 Å². The van der Waals surface area contributed by atoms with Gasteiger partial charge < -0.3 is 13.9 Å². The van der Waals surface area contributed by atoms with Crippen LogP contribution in [0.25, 0.3) is 0 Å². The van der Waals surface area contributed by atoms with Gasteiger partial charge in [0.15, 0.2) is 0 Å². The predicted molar refractivity (Wildman–Crippen MR) is 125 cm³/mol. The first-order chi connectivity index (χ1) is 13.6. The van der Waals surface area contributed by atoms with Crippen molar-refractivity contribution in [3.8, 4) is 0 Å². The van der Waals surface area contributed by atoms with Gasteiger partial charge in [0.05, 0.1) is 12.2 Å². The minimum Gasteiger partial charge on any atom is -0.447 e. The Morgan fingerprint density at radius 3 is 2.17 bits per heavy atom. The molecule has 1 heterocycles. The Balaban J connectivity index is 2.44. The van der Waals surface area contributed by atoms with Crippen molar-refractivity contribution in [1.82, 2.24) is 0 Å². The molecule has 0 aromatic rings. The maximum absolute atomic E-state index is 7.14. The maximum Gasteiger partial charge on any atom is 0.319 e. The molecule has 1 saturated carbocycles. The normalized spacial score (nSPS) is 33.3. The molecule has 1 aliphatic carbocycles. The lowest BCUT2D eigenvalue weighted by Gasteiger charge is -2.54. The number of rotatable bonds is 8. The lowest BCUT2D eigenvalue weighted by Crippen LogP contribution is -2.60. The van der Waals surface area contributed by atoms with Crippen molar-refractivity contribution in [2.45, 2.75) is 104 Å². The van der Waals surface area contributed by atoms with E-state index >= 15 is 0 Å². The standard InChI is InChI=1S/C25H46O3Si/c1-11-12-13-22-20(8)14-15-23-21(9)25(26-10,27-16-24(22)23)28-29(17(2)3,18(4)5)19(6)7/h11-12,16-23H,13-15H2,1-10H3/b12-11+. The van der Waals surface area contributed by atoms with E-state index in [0.29, 0.717) is 34.4 Å². The number of fused-ring (bicyclic) bond motifs is 1. The summed E-state index contributed by atoms with van der Waals surface area (Å²) < 4.78 is 19.7. The second kappa shape index (κ2) is 9.70. The molecule has 0 radical (unpaired) electrons. The highest BCUT2D eigenvalue weighted by molar-refractivity contribution is 6.77.